The molecule has 1 heterocycles. The largest absolute Gasteiger partial charge is 0.275 e. The molecular weight excluding hydrogens is 302 g/mol. The predicted octanol–water partition coefficient (Wildman–Crippen LogP) is 4.88. The molecule has 3 aliphatic rings. The zero-order valence-electron chi connectivity index (χ0n) is 14.0. The van der Waals surface area contributed by atoms with Crippen LogP contribution < -0.4 is 5.43 Å². The number of rotatable bonds is 1. The van der Waals surface area contributed by atoms with Crippen LogP contribution in [-0.4, -0.2) is 10.9 Å². The lowest BCUT2D eigenvalue weighted by Crippen LogP contribution is -2.33. The molecule has 2 saturated carbocycles. The summed E-state index contributed by atoms with van der Waals surface area (Å²) in [5.74, 6) is 0.781. The number of nitrogens with zero attached hydrogens (tertiary/aromatic N) is 2. The Morgan fingerprint density at radius 2 is 2.00 bits per heavy atom. The van der Waals surface area contributed by atoms with Gasteiger partial charge in [0.1, 0.15) is 0 Å². The lowest BCUT2D eigenvalue weighted by molar-refractivity contribution is 0.194. The number of hydrogen-bond acceptors (Lipinski definition) is 4. The van der Waals surface area contributed by atoms with Crippen LogP contribution in [0.25, 0.3) is 5.70 Å². The Kier molecular flexibility index (Phi) is 3.41. The van der Waals surface area contributed by atoms with Crippen molar-refractivity contribution in [2.24, 2.45) is 26.8 Å². The molecule has 0 amide bonds. The monoisotopic (exact) mass is 325 g/mol. The third kappa shape index (κ3) is 2.26. The van der Waals surface area contributed by atoms with Gasteiger partial charge in [-0.25, -0.2) is 4.99 Å². The molecule has 23 heavy (non-hydrogen) atoms. The lowest BCUT2D eigenvalue weighted by Gasteiger charge is -2.34. The molecule has 3 nitrogen and oxygen atoms in total. The Morgan fingerprint density at radius 3 is 2.57 bits per heavy atom. The van der Waals surface area contributed by atoms with Crippen LogP contribution in [0.4, 0.5) is 0 Å². The number of nitrogens with one attached hydrogen (secondary N) is 1. The summed E-state index contributed by atoms with van der Waals surface area (Å²) >= 11 is 1.62. The first-order valence-electron chi connectivity index (χ1n) is 8.35. The number of amidine groups is 1. The van der Waals surface area contributed by atoms with Crippen LogP contribution in [0.15, 0.2) is 45.8 Å². The fraction of sp³-hybridized carbons (Fsp3) is 0.474. The molecule has 4 heteroatoms. The van der Waals surface area contributed by atoms with E-state index in [2.05, 4.69) is 48.8 Å². The van der Waals surface area contributed by atoms with Gasteiger partial charge in [0.25, 0.3) is 0 Å². The molecule has 0 unspecified atom stereocenters. The van der Waals surface area contributed by atoms with Gasteiger partial charge in [0.05, 0.1) is 5.70 Å². The van der Waals surface area contributed by atoms with Crippen LogP contribution in [0.3, 0.4) is 0 Å². The first-order valence-corrected chi connectivity index (χ1v) is 9.23. The smallest absolute Gasteiger partial charge is 0.210 e. The first-order chi connectivity index (χ1) is 11.0. The second-order valence-corrected chi connectivity index (χ2v) is 8.41. The molecule has 4 rings (SSSR count). The number of thioether (sulfide) groups is 1. The summed E-state index contributed by atoms with van der Waals surface area (Å²) in [7, 11) is 0. The van der Waals surface area contributed by atoms with Gasteiger partial charge in [0.15, 0.2) is 0 Å². The minimum absolute atomic E-state index is 0.240. The van der Waals surface area contributed by atoms with E-state index in [1.165, 1.54) is 18.6 Å². The maximum absolute atomic E-state index is 4.94. The van der Waals surface area contributed by atoms with Crippen molar-refractivity contribution in [3.05, 3.63) is 41.3 Å². The Morgan fingerprint density at radius 1 is 1.22 bits per heavy atom. The highest BCUT2D eigenvalue weighted by Gasteiger charge is 2.59. The Hall–Kier alpha value is -1.55. The van der Waals surface area contributed by atoms with Gasteiger partial charge in [-0.15, -0.1) is 5.10 Å². The average molecular weight is 325 g/mol. The van der Waals surface area contributed by atoms with Gasteiger partial charge in [-0.1, -0.05) is 62.9 Å². The zero-order valence-corrected chi connectivity index (χ0v) is 14.8. The zero-order chi connectivity index (χ0) is 16.1. The summed E-state index contributed by atoms with van der Waals surface area (Å²) in [6.07, 6.45) is 3.75. The van der Waals surface area contributed by atoms with E-state index in [1.807, 2.05) is 18.2 Å². The normalized spacial score (nSPS) is 33.3. The second kappa shape index (κ2) is 5.23. The molecule has 2 bridgehead atoms. The van der Waals surface area contributed by atoms with Crippen LogP contribution in [0.1, 0.15) is 45.6 Å². The maximum atomic E-state index is 4.94. The van der Waals surface area contributed by atoms with Crippen molar-refractivity contribution in [3.63, 3.8) is 0 Å². The van der Waals surface area contributed by atoms with Gasteiger partial charge in [-0.3, -0.25) is 5.43 Å². The van der Waals surface area contributed by atoms with Crippen LogP contribution in [0.2, 0.25) is 0 Å². The topological polar surface area (TPSA) is 36.8 Å². The van der Waals surface area contributed by atoms with Gasteiger partial charge in [0, 0.05) is 22.1 Å². The highest BCUT2D eigenvalue weighted by Crippen LogP contribution is 2.64. The predicted molar refractivity (Wildman–Crippen MR) is 99.2 cm³/mol. The fourth-order valence-corrected chi connectivity index (χ4v) is 4.96. The summed E-state index contributed by atoms with van der Waals surface area (Å²) in [5.41, 5.74) is 7.31. The molecule has 2 atom stereocenters. The second-order valence-electron chi connectivity index (χ2n) is 7.57. The molecule has 1 aliphatic heterocycles. The van der Waals surface area contributed by atoms with Gasteiger partial charge in [-0.05, 0) is 30.6 Å². The highest BCUT2D eigenvalue weighted by atomic mass is 32.2. The van der Waals surface area contributed by atoms with Crippen molar-refractivity contribution in [3.8, 4) is 0 Å². The molecular formula is C19H23N3S. The van der Waals surface area contributed by atoms with Gasteiger partial charge < -0.3 is 0 Å². The molecule has 0 saturated heterocycles. The highest BCUT2D eigenvalue weighted by molar-refractivity contribution is 8.16. The third-order valence-electron chi connectivity index (χ3n) is 6.38. The van der Waals surface area contributed by atoms with Crippen molar-refractivity contribution in [1.82, 2.24) is 5.43 Å². The van der Waals surface area contributed by atoms with Crippen LogP contribution in [0.5, 0.6) is 0 Å². The quantitative estimate of drug-likeness (QED) is 0.799. The first kappa shape index (κ1) is 15.0. The van der Waals surface area contributed by atoms with E-state index in [1.54, 1.807) is 11.8 Å². The molecule has 0 aromatic heterocycles. The number of fused-ring (bicyclic) bond motifs is 2. The maximum Gasteiger partial charge on any atom is 0.210 e. The number of hydrogen-bond donors (Lipinski definition) is 1. The van der Waals surface area contributed by atoms with Crippen LogP contribution >= 0.6 is 11.8 Å². The molecule has 2 fully saturated rings. The molecule has 1 N–H and O–H groups in total. The number of benzene rings is 1. The summed E-state index contributed by atoms with van der Waals surface area (Å²) in [4.78, 5) is 4.94. The van der Waals surface area contributed by atoms with Gasteiger partial charge in [0.2, 0.25) is 5.17 Å². The van der Waals surface area contributed by atoms with Gasteiger partial charge >= 0.3 is 0 Å². The summed E-state index contributed by atoms with van der Waals surface area (Å²) in [6, 6.07) is 10.3. The number of aliphatic imine (C=N–C) groups is 1. The van der Waals surface area contributed by atoms with Crippen molar-refractivity contribution in [2.45, 2.75) is 40.0 Å². The lowest BCUT2D eigenvalue weighted by atomic mass is 9.70. The van der Waals surface area contributed by atoms with E-state index in [0.717, 1.165) is 28.8 Å². The molecule has 120 valence electrons. The average Bonchev–Trinajstić information content (AvgIpc) is 2.90. The molecule has 2 aliphatic carbocycles. The standard InChI is InChI=1S/C19H23N3S/c1-18(2)14-9-10-19(18,3)16(11-14)20-17-22-21-15(12-23-17)13-7-5-4-6-8-13/h4-8,12,14,21H,9-11H2,1-3H3/t14-,19+/m1/s1. The fourth-order valence-electron chi connectivity index (χ4n) is 4.29. The summed E-state index contributed by atoms with van der Waals surface area (Å²) in [5, 5.41) is 7.44. The van der Waals surface area contributed by atoms with Gasteiger partial charge in [-0.2, -0.15) is 0 Å². The minimum atomic E-state index is 0.240. The van der Waals surface area contributed by atoms with E-state index < -0.39 is 0 Å². The van der Waals surface area contributed by atoms with Crippen LogP contribution in [0, 0.1) is 16.7 Å². The van der Waals surface area contributed by atoms with E-state index in [-0.39, 0.29) is 5.41 Å². The Bertz CT molecular complexity index is 717. The molecule has 1 aromatic rings. The Balaban J connectivity index is 1.53. The third-order valence-corrected chi connectivity index (χ3v) is 7.13. The number of hydrazone groups is 1. The van der Waals surface area contributed by atoms with Crippen molar-refractivity contribution >= 4 is 28.3 Å². The van der Waals surface area contributed by atoms with Crippen LogP contribution in [-0.2, 0) is 0 Å². The summed E-state index contributed by atoms with van der Waals surface area (Å²) in [6.45, 7) is 7.22. The van der Waals surface area contributed by atoms with Crippen molar-refractivity contribution in [2.75, 3.05) is 0 Å². The Labute approximate surface area is 142 Å². The molecule has 1 aromatic carbocycles. The van der Waals surface area contributed by atoms with Crippen molar-refractivity contribution in [1.29, 1.82) is 0 Å². The summed E-state index contributed by atoms with van der Waals surface area (Å²) < 4.78 is 0. The van der Waals surface area contributed by atoms with E-state index >= 15 is 0 Å². The SMILES string of the molecule is CC1(C)[C@@H]2CC[C@@]1(C)C(=NC1=NNC(c3ccccc3)=CS1)C2. The minimum Gasteiger partial charge on any atom is -0.275 e. The van der Waals surface area contributed by atoms with E-state index in [4.69, 9.17) is 4.99 Å². The molecule has 0 spiro atoms. The van der Waals surface area contributed by atoms with E-state index in [0.29, 0.717) is 5.41 Å². The molecule has 0 radical (unpaired) electrons. The van der Waals surface area contributed by atoms with Crippen molar-refractivity contribution < 1.29 is 0 Å². The van der Waals surface area contributed by atoms with E-state index in [9.17, 15) is 0 Å².